The highest BCUT2D eigenvalue weighted by Gasteiger charge is 2.42. The number of benzene rings is 1. The van der Waals surface area contributed by atoms with Gasteiger partial charge in [-0.05, 0) is 23.6 Å². The second kappa shape index (κ2) is 7.84. The van der Waals surface area contributed by atoms with Crippen LogP contribution in [-0.4, -0.2) is 57.1 Å². The van der Waals surface area contributed by atoms with E-state index in [-0.39, 0.29) is 17.7 Å². The second-order valence-electron chi connectivity index (χ2n) is 7.27. The number of hydrogen-bond acceptors (Lipinski definition) is 5. The molecule has 1 amide bonds. The van der Waals surface area contributed by atoms with Crippen LogP contribution in [0.3, 0.4) is 0 Å². The van der Waals surface area contributed by atoms with Crippen LogP contribution in [0.1, 0.15) is 38.2 Å². The monoisotopic (exact) mass is 363 g/mol. The average Bonchev–Trinajstić information content (AvgIpc) is 3.10. The lowest BCUT2D eigenvalue weighted by atomic mass is 9.86. The Kier molecular flexibility index (Phi) is 5.73. The molecule has 2 saturated heterocycles. The molecule has 3 rings (SSSR count). The van der Waals surface area contributed by atoms with Gasteiger partial charge in [0.2, 0.25) is 5.91 Å². The Balaban J connectivity index is 1.76. The van der Waals surface area contributed by atoms with Gasteiger partial charge in [0.1, 0.15) is 0 Å². The van der Waals surface area contributed by atoms with Gasteiger partial charge in [0.15, 0.2) is 17.3 Å². The van der Waals surface area contributed by atoms with Crippen molar-refractivity contribution in [1.29, 1.82) is 0 Å². The molecule has 0 saturated carbocycles. The van der Waals surface area contributed by atoms with Gasteiger partial charge in [-0.2, -0.15) is 0 Å². The first-order chi connectivity index (χ1) is 12.5. The predicted octanol–water partition coefficient (Wildman–Crippen LogP) is 2.81. The fourth-order valence-electron chi connectivity index (χ4n) is 3.91. The molecule has 2 aliphatic heterocycles. The number of carbonyl (C=O) groups is 1. The molecule has 1 atom stereocenters. The van der Waals surface area contributed by atoms with Gasteiger partial charge in [-0.25, -0.2) is 0 Å². The fourth-order valence-corrected chi connectivity index (χ4v) is 3.91. The highest BCUT2D eigenvalue weighted by Crippen LogP contribution is 2.36. The molecule has 0 aromatic heterocycles. The third kappa shape index (κ3) is 3.67. The van der Waals surface area contributed by atoms with Crippen molar-refractivity contribution in [2.24, 2.45) is 5.92 Å². The van der Waals surface area contributed by atoms with Crippen LogP contribution in [0.5, 0.6) is 11.5 Å². The maximum atomic E-state index is 13.3. The second-order valence-corrected chi connectivity index (χ2v) is 7.27. The van der Waals surface area contributed by atoms with Crippen LogP contribution in [0, 0.1) is 5.92 Å². The van der Waals surface area contributed by atoms with Gasteiger partial charge in [-0.15, -0.1) is 0 Å². The normalized spacial score (nSPS) is 20.4. The Labute approximate surface area is 155 Å². The van der Waals surface area contributed by atoms with Crippen molar-refractivity contribution in [1.82, 2.24) is 4.90 Å². The molecule has 6 nitrogen and oxygen atoms in total. The van der Waals surface area contributed by atoms with E-state index in [0.717, 1.165) is 18.4 Å². The Morgan fingerprint density at radius 3 is 2.23 bits per heavy atom. The number of rotatable bonds is 5. The van der Waals surface area contributed by atoms with Gasteiger partial charge in [-0.1, -0.05) is 19.9 Å². The van der Waals surface area contributed by atoms with Crippen molar-refractivity contribution in [3.63, 3.8) is 0 Å². The SMILES string of the molecule is COc1ccc(C(C(=O)N2CCC3(CC2)OCCO3)C(C)C)cc1OC. The molecule has 0 N–H and O–H groups in total. The Morgan fingerprint density at radius 1 is 1.08 bits per heavy atom. The van der Waals surface area contributed by atoms with E-state index >= 15 is 0 Å². The van der Waals surface area contributed by atoms with Crippen molar-refractivity contribution < 1.29 is 23.7 Å². The number of piperidine rings is 1. The summed E-state index contributed by atoms with van der Waals surface area (Å²) in [7, 11) is 3.22. The number of methoxy groups -OCH3 is 2. The summed E-state index contributed by atoms with van der Waals surface area (Å²) in [4.78, 5) is 15.2. The first-order valence-corrected chi connectivity index (χ1v) is 9.28. The number of carbonyl (C=O) groups excluding carboxylic acids is 1. The Hall–Kier alpha value is -1.79. The summed E-state index contributed by atoms with van der Waals surface area (Å²) in [6.07, 6.45) is 1.46. The van der Waals surface area contributed by atoms with E-state index in [0.29, 0.717) is 37.8 Å². The third-order valence-corrected chi connectivity index (χ3v) is 5.35. The van der Waals surface area contributed by atoms with Crippen molar-refractivity contribution in [3.8, 4) is 11.5 Å². The van der Waals surface area contributed by atoms with E-state index in [1.165, 1.54) is 0 Å². The summed E-state index contributed by atoms with van der Waals surface area (Å²) in [5.74, 6) is 0.966. The lowest BCUT2D eigenvalue weighted by Crippen LogP contribution is -2.49. The summed E-state index contributed by atoms with van der Waals surface area (Å²) >= 11 is 0. The molecule has 1 spiro atoms. The van der Waals surface area contributed by atoms with E-state index in [1.807, 2.05) is 23.1 Å². The topological polar surface area (TPSA) is 57.2 Å². The number of hydrogen-bond donors (Lipinski definition) is 0. The lowest BCUT2D eigenvalue weighted by molar-refractivity contribution is -0.188. The molecule has 1 aromatic carbocycles. The summed E-state index contributed by atoms with van der Waals surface area (Å²) in [6.45, 7) is 6.77. The Bertz CT molecular complexity index is 629. The standard InChI is InChI=1S/C20H29NO5/c1-14(2)18(15-5-6-16(23-3)17(13-15)24-4)19(22)21-9-7-20(8-10-21)25-11-12-26-20/h5-6,13-14,18H,7-12H2,1-4H3. The molecular formula is C20H29NO5. The quantitative estimate of drug-likeness (QED) is 0.805. The zero-order valence-corrected chi connectivity index (χ0v) is 16.1. The fraction of sp³-hybridized carbons (Fsp3) is 0.650. The summed E-state index contributed by atoms with van der Waals surface area (Å²) in [6, 6.07) is 5.73. The molecule has 0 aliphatic carbocycles. The predicted molar refractivity (Wildman–Crippen MR) is 97.6 cm³/mol. The number of nitrogens with zero attached hydrogens (tertiary/aromatic N) is 1. The molecule has 2 fully saturated rings. The minimum absolute atomic E-state index is 0.153. The number of likely N-dealkylation sites (tertiary alicyclic amines) is 1. The van der Waals surface area contributed by atoms with Crippen molar-refractivity contribution in [3.05, 3.63) is 23.8 Å². The van der Waals surface area contributed by atoms with Crippen LogP contribution in [0.2, 0.25) is 0 Å². The maximum Gasteiger partial charge on any atom is 0.230 e. The first-order valence-electron chi connectivity index (χ1n) is 9.28. The minimum atomic E-state index is -0.465. The minimum Gasteiger partial charge on any atom is -0.493 e. The van der Waals surface area contributed by atoms with Gasteiger partial charge in [0, 0.05) is 25.9 Å². The first kappa shape index (κ1) is 19.0. The van der Waals surface area contributed by atoms with Crippen LogP contribution < -0.4 is 9.47 Å². The van der Waals surface area contributed by atoms with E-state index in [9.17, 15) is 4.79 Å². The van der Waals surface area contributed by atoms with Gasteiger partial charge >= 0.3 is 0 Å². The molecule has 1 unspecified atom stereocenters. The van der Waals surface area contributed by atoms with E-state index in [4.69, 9.17) is 18.9 Å². The lowest BCUT2D eigenvalue weighted by Gasteiger charge is -2.39. The summed E-state index contributed by atoms with van der Waals surface area (Å²) in [5, 5.41) is 0. The molecule has 0 radical (unpaired) electrons. The van der Waals surface area contributed by atoms with Crippen LogP contribution in [0.4, 0.5) is 0 Å². The summed E-state index contributed by atoms with van der Waals surface area (Å²) < 4.78 is 22.3. The highest BCUT2D eigenvalue weighted by molar-refractivity contribution is 5.84. The Morgan fingerprint density at radius 2 is 1.69 bits per heavy atom. The molecular weight excluding hydrogens is 334 g/mol. The van der Waals surface area contributed by atoms with Crippen LogP contribution >= 0.6 is 0 Å². The molecule has 26 heavy (non-hydrogen) atoms. The molecule has 2 heterocycles. The average molecular weight is 363 g/mol. The zero-order chi connectivity index (χ0) is 18.7. The van der Waals surface area contributed by atoms with E-state index < -0.39 is 5.79 Å². The van der Waals surface area contributed by atoms with Gasteiger partial charge < -0.3 is 23.8 Å². The van der Waals surface area contributed by atoms with E-state index in [1.54, 1.807) is 14.2 Å². The smallest absolute Gasteiger partial charge is 0.230 e. The van der Waals surface area contributed by atoms with Crippen molar-refractivity contribution in [2.75, 3.05) is 40.5 Å². The maximum absolute atomic E-state index is 13.3. The molecule has 1 aromatic rings. The highest BCUT2D eigenvalue weighted by atomic mass is 16.7. The van der Waals surface area contributed by atoms with Crippen LogP contribution in [-0.2, 0) is 14.3 Å². The molecule has 0 bridgehead atoms. The molecule has 2 aliphatic rings. The van der Waals surface area contributed by atoms with Crippen molar-refractivity contribution >= 4 is 5.91 Å². The van der Waals surface area contributed by atoms with Crippen molar-refractivity contribution in [2.45, 2.75) is 38.4 Å². The van der Waals surface area contributed by atoms with Gasteiger partial charge in [0.25, 0.3) is 0 Å². The molecule has 6 heteroatoms. The number of amides is 1. The van der Waals surface area contributed by atoms with Crippen LogP contribution in [0.25, 0.3) is 0 Å². The van der Waals surface area contributed by atoms with Gasteiger partial charge in [0.05, 0.1) is 33.4 Å². The van der Waals surface area contributed by atoms with E-state index in [2.05, 4.69) is 13.8 Å². The number of ether oxygens (including phenoxy) is 4. The van der Waals surface area contributed by atoms with Crippen LogP contribution in [0.15, 0.2) is 18.2 Å². The van der Waals surface area contributed by atoms with Gasteiger partial charge in [-0.3, -0.25) is 4.79 Å². The third-order valence-electron chi connectivity index (χ3n) is 5.35. The largest absolute Gasteiger partial charge is 0.493 e. The summed E-state index contributed by atoms with van der Waals surface area (Å²) in [5.41, 5.74) is 0.955. The molecule has 144 valence electrons. The zero-order valence-electron chi connectivity index (χ0n) is 16.1.